The van der Waals surface area contributed by atoms with Gasteiger partial charge in [0.05, 0.1) is 11.2 Å². The molecule has 1 N–H and O–H groups in total. The van der Waals surface area contributed by atoms with Gasteiger partial charge in [-0.15, -0.1) is 0 Å². The molecule has 4 heteroatoms. The Morgan fingerprint density at radius 1 is 0.600 bits per heavy atom. The van der Waals surface area contributed by atoms with Gasteiger partial charge < -0.3 is 5.11 Å². The van der Waals surface area contributed by atoms with Crippen molar-refractivity contribution < 1.29 is 5.11 Å². The summed E-state index contributed by atoms with van der Waals surface area (Å²) >= 11 is 0. The first kappa shape index (κ1) is 22.7. The number of rotatable bonds is 3. The topological polar surface area (TPSA) is 50.4 Å². The molecule has 0 aliphatic rings. The molecule has 190 valence electrons. The molecule has 4 aromatic carbocycles. The Labute approximate surface area is 231 Å². The molecule has 0 fully saturated rings. The third-order valence-corrected chi connectivity index (χ3v) is 8.14. The van der Waals surface area contributed by atoms with Gasteiger partial charge >= 0.3 is 0 Å². The summed E-state index contributed by atoms with van der Waals surface area (Å²) in [6.45, 7) is 4.30. The second kappa shape index (κ2) is 8.39. The van der Waals surface area contributed by atoms with Crippen LogP contribution < -0.4 is 0 Å². The maximum absolute atomic E-state index is 10.8. The number of pyridine rings is 2. The number of phenolic OH excluding ortho intramolecular Hbond substituents is 1. The third kappa shape index (κ3) is 3.20. The standard InChI is InChI=1S/C36H25N3O/c1-21-8-5-9-22(2)33(21)25-19-23(26-10-3-4-14-32(26)40)18-24(20-25)31-16-15-30-28-12-6-11-27-29-13-7-17-37-35(29)39(34(27)28)36(30)38-31/h3-20,40H,1-2H3. The quantitative estimate of drug-likeness (QED) is 0.255. The highest BCUT2D eigenvalue weighted by atomic mass is 16.3. The fraction of sp³-hybridized carbons (Fsp3) is 0.0556. The average Bonchev–Trinajstić information content (AvgIpc) is 3.49. The molecular formula is C36H25N3O. The Hall–Kier alpha value is -5.22. The monoisotopic (exact) mass is 515 g/mol. The minimum absolute atomic E-state index is 0.261. The molecule has 8 aromatic rings. The van der Waals surface area contributed by atoms with Crippen LogP contribution in [0.25, 0.3) is 71.9 Å². The molecule has 4 heterocycles. The summed E-state index contributed by atoms with van der Waals surface area (Å²) in [4.78, 5) is 10.0. The highest BCUT2D eigenvalue weighted by molar-refractivity contribution is 6.22. The first-order chi connectivity index (χ1) is 19.6. The number of aryl methyl sites for hydroxylation is 2. The van der Waals surface area contributed by atoms with Crippen LogP contribution >= 0.6 is 0 Å². The van der Waals surface area contributed by atoms with Crippen molar-refractivity contribution in [3.05, 3.63) is 120 Å². The Morgan fingerprint density at radius 2 is 1.27 bits per heavy atom. The van der Waals surface area contributed by atoms with Crippen molar-refractivity contribution in [1.29, 1.82) is 0 Å². The Morgan fingerprint density at radius 3 is 2.08 bits per heavy atom. The number of hydrogen-bond acceptors (Lipinski definition) is 3. The van der Waals surface area contributed by atoms with Gasteiger partial charge in [-0.2, -0.15) is 0 Å². The number of para-hydroxylation sites is 2. The molecule has 0 bridgehead atoms. The number of fused-ring (bicyclic) bond motifs is 6. The zero-order valence-corrected chi connectivity index (χ0v) is 22.2. The molecule has 0 atom stereocenters. The molecule has 0 amide bonds. The molecule has 0 aliphatic heterocycles. The minimum Gasteiger partial charge on any atom is -0.507 e. The zero-order valence-electron chi connectivity index (χ0n) is 22.2. The van der Waals surface area contributed by atoms with E-state index >= 15 is 0 Å². The number of aromatic nitrogens is 3. The summed E-state index contributed by atoms with van der Waals surface area (Å²) in [5.74, 6) is 0.261. The Bertz CT molecular complexity index is 2240. The van der Waals surface area contributed by atoms with Crippen LogP contribution in [0.2, 0.25) is 0 Å². The van der Waals surface area contributed by atoms with Crippen molar-refractivity contribution in [2.45, 2.75) is 13.8 Å². The maximum atomic E-state index is 10.8. The van der Waals surface area contributed by atoms with Gasteiger partial charge in [-0.3, -0.25) is 4.40 Å². The molecule has 0 radical (unpaired) electrons. The molecule has 4 nitrogen and oxygen atoms in total. The van der Waals surface area contributed by atoms with Crippen LogP contribution in [-0.2, 0) is 0 Å². The smallest absolute Gasteiger partial charge is 0.147 e. The predicted molar refractivity (Wildman–Crippen MR) is 164 cm³/mol. The van der Waals surface area contributed by atoms with Gasteiger partial charge in [-0.25, -0.2) is 9.97 Å². The lowest BCUT2D eigenvalue weighted by Crippen LogP contribution is -1.93. The first-order valence-corrected chi connectivity index (χ1v) is 13.5. The van der Waals surface area contributed by atoms with E-state index < -0.39 is 0 Å². The molecule has 0 saturated heterocycles. The molecule has 4 aromatic heterocycles. The molecule has 0 aliphatic carbocycles. The fourth-order valence-electron chi connectivity index (χ4n) is 6.37. The Kier molecular flexibility index (Phi) is 4.77. The number of aromatic hydroxyl groups is 1. The number of benzene rings is 4. The van der Waals surface area contributed by atoms with Crippen LogP contribution in [0.5, 0.6) is 5.75 Å². The number of phenols is 1. The van der Waals surface area contributed by atoms with Gasteiger partial charge in [0.1, 0.15) is 17.0 Å². The molecule has 0 saturated carbocycles. The lowest BCUT2D eigenvalue weighted by atomic mass is 9.90. The predicted octanol–water partition coefficient (Wildman–Crippen LogP) is 8.95. The van der Waals surface area contributed by atoms with Gasteiger partial charge in [0.15, 0.2) is 0 Å². The first-order valence-electron chi connectivity index (χ1n) is 13.5. The number of hydrogen-bond donors (Lipinski definition) is 1. The largest absolute Gasteiger partial charge is 0.507 e. The van der Waals surface area contributed by atoms with E-state index in [9.17, 15) is 5.11 Å². The summed E-state index contributed by atoms with van der Waals surface area (Å²) in [6.07, 6.45) is 1.85. The fourth-order valence-corrected chi connectivity index (χ4v) is 6.37. The lowest BCUT2D eigenvalue weighted by Gasteiger charge is -2.15. The summed E-state index contributed by atoms with van der Waals surface area (Å²) < 4.78 is 2.21. The van der Waals surface area contributed by atoms with E-state index in [0.29, 0.717) is 0 Å². The Balaban J connectivity index is 1.43. The van der Waals surface area contributed by atoms with Crippen LogP contribution in [0.15, 0.2) is 109 Å². The van der Waals surface area contributed by atoms with E-state index in [0.717, 1.165) is 55.5 Å². The second-order valence-electron chi connectivity index (χ2n) is 10.6. The zero-order chi connectivity index (χ0) is 27.0. The van der Waals surface area contributed by atoms with Gasteiger partial charge in [0.25, 0.3) is 0 Å². The second-order valence-corrected chi connectivity index (χ2v) is 10.6. The van der Waals surface area contributed by atoms with Gasteiger partial charge in [-0.05, 0) is 90.2 Å². The van der Waals surface area contributed by atoms with Crippen molar-refractivity contribution in [3.8, 4) is 39.3 Å². The molecule has 0 spiro atoms. The van der Waals surface area contributed by atoms with Crippen molar-refractivity contribution in [3.63, 3.8) is 0 Å². The molecule has 8 rings (SSSR count). The summed E-state index contributed by atoms with van der Waals surface area (Å²) in [5, 5.41) is 15.4. The molecule has 0 unspecified atom stereocenters. The van der Waals surface area contributed by atoms with Crippen LogP contribution in [0.1, 0.15) is 11.1 Å². The highest BCUT2D eigenvalue weighted by Gasteiger charge is 2.20. The van der Waals surface area contributed by atoms with Crippen LogP contribution in [-0.4, -0.2) is 19.5 Å². The van der Waals surface area contributed by atoms with Crippen LogP contribution in [0.4, 0.5) is 0 Å². The van der Waals surface area contributed by atoms with Crippen molar-refractivity contribution in [1.82, 2.24) is 14.4 Å². The summed E-state index contributed by atoms with van der Waals surface area (Å²) in [7, 11) is 0. The van der Waals surface area contributed by atoms with Crippen LogP contribution in [0, 0.1) is 13.8 Å². The van der Waals surface area contributed by atoms with Gasteiger partial charge in [0, 0.05) is 38.9 Å². The summed E-state index contributed by atoms with van der Waals surface area (Å²) in [6, 6.07) is 35.3. The normalized spacial score (nSPS) is 11.8. The average molecular weight is 516 g/mol. The third-order valence-electron chi connectivity index (χ3n) is 8.14. The van der Waals surface area contributed by atoms with Crippen molar-refractivity contribution in [2.24, 2.45) is 0 Å². The highest BCUT2D eigenvalue weighted by Crippen LogP contribution is 2.40. The van der Waals surface area contributed by atoms with Gasteiger partial charge in [-0.1, -0.05) is 54.6 Å². The van der Waals surface area contributed by atoms with E-state index in [-0.39, 0.29) is 5.75 Å². The van der Waals surface area contributed by atoms with E-state index in [1.54, 1.807) is 6.07 Å². The van der Waals surface area contributed by atoms with E-state index in [1.165, 1.54) is 27.5 Å². The van der Waals surface area contributed by atoms with E-state index in [4.69, 9.17) is 9.97 Å². The maximum Gasteiger partial charge on any atom is 0.147 e. The van der Waals surface area contributed by atoms with Crippen LogP contribution in [0.3, 0.4) is 0 Å². The summed E-state index contributed by atoms with van der Waals surface area (Å²) in [5.41, 5.74) is 11.3. The molecular weight excluding hydrogens is 490 g/mol. The SMILES string of the molecule is Cc1cccc(C)c1-c1cc(-c2ccc3c4cccc5c6cccnc6n(c3n2)c54)cc(-c2ccccc2O)c1. The van der Waals surface area contributed by atoms with Crippen molar-refractivity contribution >= 4 is 38.4 Å². The van der Waals surface area contributed by atoms with E-state index in [1.807, 2.05) is 30.5 Å². The molecule has 40 heavy (non-hydrogen) atoms. The lowest BCUT2D eigenvalue weighted by molar-refractivity contribution is 0.477. The van der Waals surface area contributed by atoms with Crippen molar-refractivity contribution in [2.75, 3.05) is 0 Å². The minimum atomic E-state index is 0.261. The number of nitrogens with zero attached hydrogens (tertiary/aromatic N) is 3. The van der Waals surface area contributed by atoms with E-state index in [2.05, 4.69) is 91.0 Å². The van der Waals surface area contributed by atoms with Gasteiger partial charge in [0.2, 0.25) is 0 Å².